The summed E-state index contributed by atoms with van der Waals surface area (Å²) in [5.74, 6) is 0.234. The lowest BCUT2D eigenvalue weighted by Gasteiger charge is -2.10. The molecule has 4 rings (SSSR count). The van der Waals surface area contributed by atoms with Crippen LogP contribution in [0.3, 0.4) is 0 Å². The van der Waals surface area contributed by atoms with Crippen LogP contribution in [0.2, 0.25) is 5.02 Å². The Balaban J connectivity index is 1.32. The molecule has 7 heteroatoms. The molecule has 0 aliphatic carbocycles. The maximum absolute atomic E-state index is 12.2. The van der Waals surface area contributed by atoms with Crippen LogP contribution in [-0.2, 0) is 16.0 Å². The Morgan fingerprint density at radius 3 is 3.00 bits per heavy atom. The van der Waals surface area contributed by atoms with E-state index in [1.54, 1.807) is 18.2 Å². The van der Waals surface area contributed by atoms with E-state index in [2.05, 4.69) is 15.3 Å². The lowest BCUT2D eigenvalue weighted by Crippen LogP contribution is -2.27. The molecule has 0 bridgehead atoms. The number of rotatable bonds is 5. The summed E-state index contributed by atoms with van der Waals surface area (Å²) >= 11 is 5.96. The van der Waals surface area contributed by atoms with Crippen molar-refractivity contribution >= 4 is 34.5 Å². The van der Waals surface area contributed by atoms with Crippen LogP contribution < -0.4 is 5.32 Å². The van der Waals surface area contributed by atoms with E-state index in [0.29, 0.717) is 23.6 Å². The number of hydrogen-bond acceptors (Lipinski definition) is 4. The third-order valence-electron chi connectivity index (χ3n) is 4.32. The van der Waals surface area contributed by atoms with Gasteiger partial charge in [0.25, 0.3) is 0 Å². The molecular formula is C19H16ClN3O3. The van der Waals surface area contributed by atoms with Gasteiger partial charge >= 0.3 is 5.97 Å². The molecule has 2 aromatic carbocycles. The van der Waals surface area contributed by atoms with Crippen LogP contribution in [-0.4, -0.2) is 28.4 Å². The van der Waals surface area contributed by atoms with Crippen LogP contribution >= 0.6 is 11.6 Å². The summed E-state index contributed by atoms with van der Waals surface area (Å²) in [5.41, 5.74) is 3.01. The van der Waals surface area contributed by atoms with E-state index in [0.717, 1.165) is 22.4 Å². The van der Waals surface area contributed by atoms with E-state index in [4.69, 9.17) is 16.3 Å². The average Bonchev–Trinajstić information content (AvgIpc) is 3.16. The Morgan fingerprint density at radius 1 is 1.27 bits per heavy atom. The number of amides is 1. The van der Waals surface area contributed by atoms with Gasteiger partial charge in [-0.25, -0.2) is 9.78 Å². The average molecular weight is 370 g/mol. The lowest BCUT2D eigenvalue weighted by atomic mass is 10.0. The van der Waals surface area contributed by atoms with Crippen molar-refractivity contribution in [1.29, 1.82) is 0 Å². The van der Waals surface area contributed by atoms with Gasteiger partial charge in [-0.3, -0.25) is 4.79 Å². The highest BCUT2D eigenvalue weighted by atomic mass is 35.5. The number of carbonyl (C=O) groups is 2. The van der Waals surface area contributed by atoms with Crippen LogP contribution in [0.15, 0.2) is 42.5 Å². The van der Waals surface area contributed by atoms with Crippen molar-refractivity contribution in [2.45, 2.75) is 18.9 Å². The van der Waals surface area contributed by atoms with Gasteiger partial charge < -0.3 is 15.0 Å². The van der Waals surface area contributed by atoms with Crippen LogP contribution in [0.5, 0.6) is 0 Å². The number of hydrogen-bond donors (Lipinski definition) is 2. The number of ether oxygens (including phenoxy) is 1. The number of imidazole rings is 1. The standard InChI is InChI=1S/C19H16ClN3O3/c20-11-5-6-14-15(9-11)23-17(22-14)7-8-21-18(24)10-16-12-3-1-2-4-13(12)19(25)26-16/h1-6,9,16H,7-8,10H2,(H,21,24)(H,22,23). The van der Waals surface area contributed by atoms with Crippen molar-refractivity contribution in [3.8, 4) is 0 Å². The van der Waals surface area contributed by atoms with E-state index in [-0.39, 0.29) is 18.3 Å². The molecule has 0 spiro atoms. The number of nitrogens with one attached hydrogen (secondary N) is 2. The number of nitrogens with zero attached hydrogens (tertiary/aromatic N) is 1. The zero-order valence-electron chi connectivity index (χ0n) is 13.8. The summed E-state index contributed by atoms with van der Waals surface area (Å²) in [5, 5.41) is 3.49. The number of esters is 1. The van der Waals surface area contributed by atoms with E-state index >= 15 is 0 Å². The normalized spacial score (nSPS) is 15.7. The summed E-state index contributed by atoms with van der Waals surface area (Å²) < 4.78 is 5.29. The molecule has 1 atom stereocenters. The Labute approximate surface area is 154 Å². The van der Waals surface area contributed by atoms with Crippen LogP contribution in [0.1, 0.15) is 34.3 Å². The number of H-pyrrole nitrogens is 1. The third-order valence-corrected chi connectivity index (χ3v) is 4.56. The number of halogens is 1. The van der Waals surface area contributed by atoms with E-state index in [1.165, 1.54) is 0 Å². The number of cyclic esters (lactones) is 1. The molecule has 1 aliphatic rings. The predicted octanol–water partition coefficient (Wildman–Crippen LogP) is 3.18. The number of carbonyl (C=O) groups excluding carboxylic acids is 2. The molecule has 6 nitrogen and oxygen atoms in total. The molecule has 0 radical (unpaired) electrons. The highest BCUT2D eigenvalue weighted by molar-refractivity contribution is 6.31. The summed E-state index contributed by atoms with van der Waals surface area (Å²) in [6.07, 6.45) is 0.157. The Kier molecular flexibility index (Phi) is 4.34. The van der Waals surface area contributed by atoms with Gasteiger partial charge in [0.05, 0.1) is 23.0 Å². The van der Waals surface area contributed by atoms with Gasteiger partial charge in [-0.1, -0.05) is 29.8 Å². The fourth-order valence-corrected chi connectivity index (χ4v) is 3.26. The highest BCUT2D eigenvalue weighted by Gasteiger charge is 2.31. The molecule has 2 N–H and O–H groups in total. The van der Waals surface area contributed by atoms with Crippen molar-refractivity contribution in [2.24, 2.45) is 0 Å². The number of aromatic amines is 1. The second-order valence-corrected chi connectivity index (χ2v) is 6.57. The van der Waals surface area contributed by atoms with Crippen molar-refractivity contribution in [3.63, 3.8) is 0 Å². The minimum absolute atomic E-state index is 0.110. The second kappa shape index (κ2) is 6.80. The number of aromatic nitrogens is 2. The molecule has 26 heavy (non-hydrogen) atoms. The zero-order chi connectivity index (χ0) is 18.1. The number of benzene rings is 2. The Hall–Kier alpha value is -2.86. The van der Waals surface area contributed by atoms with Gasteiger partial charge in [-0.15, -0.1) is 0 Å². The minimum atomic E-state index is -0.521. The minimum Gasteiger partial charge on any atom is -0.453 e. The van der Waals surface area contributed by atoms with Gasteiger partial charge in [-0.2, -0.15) is 0 Å². The molecule has 3 aromatic rings. The van der Waals surface area contributed by atoms with E-state index in [1.807, 2.05) is 24.3 Å². The van der Waals surface area contributed by atoms with Gasteiger partial charge in [0, 0.05) is 23.6 Å². The summed E-state index contributed by atoms with van der Waals surface area (Å²) in [4.78, 5) is 31.6. The fraction of sp³-hybridized carbons (Fsp3) is 0.211. The van der Waals surface area contributed by atoms with E-state index in [9.17, 15) is 9.59 Å². The van der Waals surface area contributed by atoms with Crippen LogP contribution in [0.4, 0.5) is 0 Å². The van der Waals surface area contributed by atoms with Crippen LogP contribution in [0, 0.1) is 0 Å². The van der Waals surface area contributed by atoms with Gasteiger partial charge in [0.1, 0.15) is 11.9 Å². The highest BCUT2D eigenvalue weighted by Crippen LogP contribution is 2.32. The summed E-state index contributed by atoms with van der Waals surface area (Å²) in [6.45, 7) is 0.439. The molecular weight excluding hydrogens is 354 g/mol. The third kappa shape index (κ3) is 3.28. The van der Waals surface area contributed by atoms with Crippen molar-refractivity contribution in [3.05, 3.63) is 64.4 Å². The molecule has 1 unspecified atom stereocenters. The maximum Gasteiger partial charge on any atom is 0.339 e. The SMILES string of the molecule is O=C(CC1OC(=O)c2ccccc21)NCCc1nc2ccc(Cl)cc2[nH]1. The molecule has 1 aliphatic heterocycles. The van der Waals surface area contributed by atoms with E-state index < -0.39 is 6.10 Å². The molecule has 2 heterocycles. The van der Waals surface area contributed by atoms with Gasteiger partial charge in [0.2, 0.25) is 5.91 Å². The molecule has 0 saturated carbocycles. The first-order valence-corrected chi connectivity index (χ1v) is 8.69. The largest absolute Gasteiger partial charge is 0.453 e. The zero-order valence-corrected chi connectivity index (χ0v) is 14.5. The monoisotopic (exact) mass is 369 g/mol. The molecule has 1 aromatic heterocycles. The fourth-order valence-electron chi connectivity index (χ4n) is 3.09. The van der Waals surface area contributed by atoms with Gasteiger partial charge in [0.15, 0.2) is 0 Å². The quantitative estimate of drug-likeness (QED) is 0.676. The van der Waals surface area contributed by atoms with Crippen LogP contribution in [0.25, 0.3) is 11.0 Å². The topological polar surface area (TPSA) is 84.1 Å². The molecule has 132 valence electrons. The van der Waals surface area contributed by atoms with Crippen molar-refractivity contribution in [2.75, 3.05) is 6.54 Å². The predicted molar refractivity (Wildman–Crippen MR) is 97.0 cm³/mol. The summed E-state index contributed by atoms with van der Waals surface area (Å²) in [6, 6.07) is 12.6. The Morgan fingerprint density at radius 2 is 2.12 bits per heavy atom. The molecule has 0 saturated heterocycles. The first-order chi connectivity index (χ1) is 12.6. The van der Waals surface area contributed by atoms with Crippen molar-refractivity contribution < 1.29 is 14.3 Å². The number of fused-ring (bicyclic) bond motifs is 2. The molecule has 1 amide bonds. The summed E-state index contributed by atoms with van der Waals surface area (Å²) in [7, 11) is 0. The smallest absolute Gasteiger partial charge is 0.339 e. The molecule has 0 fully saturated rings. The second-order valence-electron chi connectivity index (χ2n) is 6.13. The van der Waals surface area contributed by atoms with Crippen molar-refractivity contribution in [1.82, 2.24) is 15.3 Å². The lowest BCUT2D eigenvalue weighted by molar-refractivity contribution is -0.122. The first kappa shape index (κ1) is 16.6. The van der Waals surface area contributed by atoms with Gasteiger partial charge in [-0.05, 0) is 24.3 Å². The maximum atomic E-state index is 12.2. The first-order valence-electron chi connectivity index (χ1n) is 8.31. The Bertz CT molecular complexity index is 999.